The van der Waals surface area contributed by atoms with E-state index in [0.29, 0.717) is 12.0 Å². The van der Waals surface area contributed by atoms with Gasteiger partial charge in [-0.05, 0) is 26.7 Å². The van der Waals surface area contributed by atoms with Crippen LogP contribution in [0, 0.1) is 5.92 Å². The molecule has 2 fully saturated rings. The van der Waals surface area contributed by atoms with E-state index < -0.39 is 0 Å². The van der Waals surface area contributed by atoms with Crippen molar-refractivity contribution in [3.8, 4) is 0 Å². The highest BCUT2D eigenvalue weighted by Gasteiger charge is 2.37. The monoisotopic (exact) mass is 265 g/mol. The standard InChI is InChI=1S/C14H23N3O2/c1-14(2)12(4-6-19-14)15-7-10-3-5-18-13(10)11-8-16-17-9-11/h8-10,12-13,15H,3-7H2,1-2H3,(H,16,17)/t10-,12?,13+/m1/s1. The topological polar surface area (TPSA) is 59.2 Å². The first kappa shape index (κ1) is 13.1. The van der Waals surface area contributed by atoms with E-state index in [0.717, 1.165) is 38.2 Å². The van der Waals surface area contributed by atoms with E-state index in [1.54, 1.807) is 0 Å². The van der Waals surface area contributed by atoms with E-state index in [1.165, 1.54) is 0 Å². The molecule has 2 aliphatic rings. The van der Waals surface area contributed by atoms with Gasteiger partial charge in [0.15, 0.2) is 0 Å². The molecule has 5 nitrogen and oxygen atoms in total. The number of rotatable bonds is 4. The zero-order valence-corrected chi connectivity index (χ0v) is 11.7. The molecule has 0 saturated carbocycles. The predicted octanol–water partition coefficient (Wildman–Crippen LogP) is 1.64. The largest absolute Gasteiger partial charge is 0.374 e. The lowest BCUT2D eigenvalue weighted by Gasteiger charge is -2.28. The minimum atomic E-state index is -0.0510. The Balaban J connectivity index is 1.57. The molecule has 106 valence electrons. The number of nitrogens with one attached hydrogen (secondary N) is 2. The Kier molecular flexibility index (Phi) is 3.60. The van der Waals surface area contributed by atoms with Crippen LogP contribution in [-0.4, -0.2) is 41.6 Å². The number of ether oxygens (including phenoxy) is 2. The molecule has 0 aromatic carbocycles. The van der Waals surface area contributed by atoms with Crippen LogP contribution in [0.25, 0.3) is 0 Å². The van der Waals surface area contributed by atoms with Gasteiger partial charge in [0.2, 0.25) is 0 Å². The summed E-state index contributed by atoms with van der Waals surface area (Å²) in [5, 5.41) is 10.6. The summed E-state index contributed by atoms with van der Waals surface area (Å²) >= 11 is 0. The predicted molar refractivity (Wildman–Crippen MR) is 71.8 cm³/mol. The van der Waals surface area contributed by atoms with Crippen molar-refractivity contribution in [2.45, 2.75) is 44.4 Å². The van der Waals surface area contributed by atoms with Gasteiger partial charge in [0.25, 0.3) is 0 Å². The molecular weight excluding hydrogens is 242 g/mol. The van der Waals surface area contributed by atoms with E-state index in [9.17, 15) is 0 Å². The maximum absolute atomic E-state index is 5.85. The smallest absolute Gasteiger partial charge is 0.0896 e. The number of hydrogen-bond acceptors (Lipinski definition) is 4. The van der Waals surface area contributed by atoms with Gasteiger partial charge in [0.05, 0.1) is 17.9 Å². The highest BCUT2D eigenvalue weighted by molar-refractivity contribution is 5.10. The van der Waals surface area contributed by atoms with Crippen molar-refractivity contribution < 1.29 is 9.47 Å². The molecule has 1 aromatic rings. The minimum absolute atomic E-state index is 0.0510. The van der Waals surface area contributed by atoms with Crippen molar-refractivity contribution in [2.75, 3.05) is 19.8 Å². The van der Waals surface area contributed by atoms with Gasteiger partial charge in [0, 0.05) is 43.5 Å². The summed E-state index contributed by atoms with van der Waals surface area (Å²) in [6.45, 7) is 7.00. The van der Waals surface area contributed by atoms with Crippen LogP contribution in [0.4, 0.5) is 0 Å². The molecule has 0 radical (unpaired) electrons. The van der Waals surface area contributed by atoms with Crippen molar-refractivity contribution in [3.05, 3.63) is 18.0 Å². The highest BCUT2D eigenvalue weighted by Crippen LogP contribution is 2.34. The quantitative estimate of drug-likeness (QED) is 0.869. The Labute approximate surface area is 114 Å². The first-order valence-electron chi connectivity index (χ1n) is 7.14. The van der Waals surface area contributed by atoms with Crippen LogP contribution < -0.4 is 5.32 Å². The van der Waals surface area contributed by atoms with Gasteiger partial charge < -0.3 is 14.8 Å². The second-order valence-corrected chi connectivity index (χ2v) is 6.07. The fourth-order valence-corrected chi connectivity index (χ4v) is 3.16. The molecule has 0 amide bonds. The van der Waals surface area contributed by atoms with Crippen molar-refractivity contribution in [2.24, 2.45) is 5.92 Å². The molecule has 5 heteroatoms. The lowest BCUT2D eigenvalue weighted by atomic mass is 9.94. The summed E-state index contributed by atoms with van der Waals surface area (Å²) in [7, 11) is 0. The number of aromatic amines is 1. The summed E-state index contributed by atoms with van der Waals surface area (Å²) < 4.78 is 11.6. The molecular formula is C14H23N3O2. The Hall–Kier alpha value is -0.910. The second-order valence-electron chi connectivity index (χ2n) is 6.07. The minimum Gasteiger partial charge on any atom is -0.374 e. The number of nitrogens with zero attached hydrogens (tertiary/aromatic N) is 1. The molecule has 19 heavy (non-hydrogen) atoms. The lowest BCUT2D eigenvalue weighted by Crippen LogP contribution is -2.45. The molecule has 0 aliphatic carbocycles. The Bertz CT molecular complexity index is 405. The molecule has 2 N–H and O–H groups in total. The third-order valence-corrected chi connectivity index (χ3v) is 4.41. The average molecular weight is 265 g/mol. The van der Waals surface area contributed by atoms with Crippen LogP contribution in [0.3, 0.4) is 0 Å². The third kappa shape index (κ3) is 2.68. The van der Waals surface area contributed by atoms with Gasteiger partial charge in [-0.3, -0.25) is 5.10 Å². The van der Waals surface area contributed by atoms with Gasteiger partial charge in [-0.1, -0.05) is 0 Å². The van der Waals surface area contributed by atoms with E-state index in [-0.39, 0.29) is 11.7 Å². The van der Waals surface area contributed by atoms with Crippen LogP contribution in [-0.2, 0) is 9.47 Å². The van der Waals surface area contributed by atoms with Gasteiger partial charge in [-0.25, -0.2) is 0 Å². The highest BCUT2D eigenvalue weighted by atomic mass is 16.5. The average Bonchev–Trinajstić information content (AvgIpc) is 3.05. The van der Waals surface area contributed by atoms with E-state index >= 15 is 0 Å². The number of H-pyrrole nitrogens is 1. The fraction of sp³-hybridized carbons (Fsp3) is 0.786. The maximum Gasteiger partial charge on any atom is 0.0896 e. The summed E-state index contributed by atoms with van der Waals surface area (Å²) in [5.41, 5.74) is 1.11. The van der Waals surface area contributed by atoms with Gasteiger partial charge in [-0.15, -0.1) is 0 Å². The zero-order valence-electron chi connectivity index (χ0n) is 11.7. The number of hydrogen-bond donors (Lipinski definition) is 2. The van der Waals surface area contributed by atoms with Crippen molar-refractivity contribution in [3.63, 3.8) is 0 Å². The Morgan fingerprint density at radius 3 is 3.00 bits per heavy atom. The van der Waals surface area contributed by atoms with Gasteiger partial charge in [0.1, 0.15) is 0 Å². The summed E-state index contributed by atoms with van der Waals surface area (Å²) in [6, 6.07) is 0.443. The summed E-state index contributed by atoms with van der Waals surface area (Å²) in [6.07, 6.45) is 6.18. The molecule has 1 unspecified atom stereocenters. The first-order valence-corrected chi connectivity index (χ1v) is 7.14. The first-order chi connectivity index (χ1) is 9.17. The van der Waals surface area contributed by atoms with Crippen molar-refractivity contribution in [1.29, 1.82) is 0 Å². The van der Waals surface area contributed by atoms with Crippen LogP contribution in [0.1, 0.15) is 38.4 Å². The molecule has 3 atom stereocenters. The summed E-state index contributed by atoms with van der Waals surface area (Å²) in [4.78, 5) is 0. The normalized spacial score (nSPS) is 33.9. The van der Waals surface area contributed by atoms with Gasteiger partial charge >= 0.3 is 0 Å². The molecule has 3 rings (SSSR count). The Morgan fingerprint density at radius 1 is 1.42 bits per heavy atom. The molecule has 2 aliphatic heterocycles. The molecule has 3 heterocycles. The lowest BCUT2D eigenvalue weighted by molar-refractivity contribution is 0.0198. The van der Waals surface area contributed by atoms with Crippen LogP contribution >= 0.6 is 0 Å². The van der Waals surface area contributed by atoms with Crippen molar-refractivity contribution >= 4 is 0 Å². The fourth-order valence-electron chi connectivity index (χ4n) is 3.16. The van der Waals surface area contributed by atoms with Gasteiger partial charge in [-0.2, -0.15) is 5.10 Å². The van der Waals surface area contributed by atoms with E-state index in [1.807, 2.05) is 12.4 Å². The molecule has 0 spiro atoms. The SMILES string of the molecule is CC1(C)OCCC1NC[C@H]1CCO[C@@H]1c1cn[nH]c1. The van der Waals surface area contributed by atoms with E-state index in [2.05, 4.69) is 29.4 Å². The van der Waals surface area contributed by atoms with Crippen LogP contribution in [0.5, 0.6) is 0 Å². The van der Waals surface area contributed by atoms with E-state index in [4.69, 9.17) is 9.47 Å². The summed E-state index contributed by atoms with van der Waals surface area (Å²) in [5.74, 6) is 0.522. The number of aromatic nitrogens is 2. The van der Waals surface area contributed by atoms with Crippen LogP contribution in [0.15, 0.2) is 12.4 Å². The molecule has 2 saturated heterocycles. The van der Waals surface area contributed by atoms with Crippen LogP contribution in [0.2, 0.25) is 0 Å². The second kappa shape index (κ2) is 5.23. The Morgan fingerprint density at radius 2 is 2.32 bits per heavy atom. The molecule has 0 bridgehead atoms. The molecule has 1 aromatic heterocycles. The third-order valence-electron chi connectivity index (χ3n) is 4.41. The zero-order chi connectivity index (χ0) is 13.3. The maximum atomic E-state index is 5.85. The van der Waals surface area contributed by atoms with Crippen molar-refractivity contribution in [1.82, 2.24) is 15.5 Å².